The molecule has 1 aliphatic heterocycles. The Morgan fingerprint density at radius 2 is 1.78 bits per heavy atom. The zero-order valence-electron chi connectivity index (χ0n) is 30.0. The molecule has 11 heteroatoms. The normalized spacial score (nSPS) is 17.8. The Balaban J connectivity index is 1.35. The molecule has 0 atom stereocenters. The van der Waals surface area contributed by atoms with Crippen molar-refractivity contribution in [3.63, 3.8) is 0 Å². The summed E-state index contributed by atoms with van der Waals surface area (Å²) in [6.45, 7) is 6.33. The molecule has 0 unspecified atom stereocenters. The van der Waals surface area contributed by atoms with E-state index >= 15 is 0 Å². The molecule has 268 valence electrons. The monoisotopic (exact) mass is 701 g/mol. The minimum absolute atomic E-state index is 0.0803. The fourth-order valence-corrected chi connectivity index (χ4v) is 9.04. The summed E-state index contributed by atoms with van der Waals surface area (Å²) in [6.07, 6.45) is 12.6. The van der Waals surface area contributed by atoms with E-state index in [1.807, 2.05) is 36.2 Å². The van der Waals surface area contributed by atoms with Crippen molar-refractivity contribution >= 4 is 33.6 Å². The van der Waals surface area contributed by atoms with Crippen LogP contribution in [-0.4, -0.2) is 53.6 Å². The van der Waals surface area contributed by atoms with E-state index in [4.69, 9.17) is 9.52 Å². The van der Waals surface area contributed by atoms with Crippen LogP contribution in [0.5, 0.6) is 0 Å². The van der Waals surface area contributed by atoms with Crippen molar-refractivity contribution < 1.29 is 22.5 Å². The highest BCUT2D eigenvalue weighted by atomic mass is 32.2. The molecular formula is C39H51N5O5S. The number of amidine groups is 1. The van der Waals surface area contributed by atoms with E-state index in [0.717, 1.165) is 74.7 Å². The van der Waals surface area contributed by atoms with Crippen molar-refractivity contribution in [2.24, 2.45) is 10.9 Å². The SMILES string of the molecule is CCCCC1=NC2(CCCC2)C(=O)N1Cc1ccc(-c2ccccc2S(=O)(=O)Nc2onc(C)c2C)c(CN(C)C(=O)CC2CCCCC2)c1. The minimum Gasteiger partial charge on any atom is -0.341 e. The van der Waals surface area contributed by atoms with Gasteiger partial charge in [-0.05, 0) is 74.6 Å². The predicted octanol–water partition coefficient (Wildman–Crippen LogP) is 7.93. The molecule has 10 nitrogen and oxygen atoms in total. The van der Waals surface area contributed by atoms with Gasteiger partial charge in [-0.3, -0.25) is 19.5 Å². The highest BCUT2D eigenvalue weighted by Gasteiger charge is 2.49. The molecular weight excluding hydrogens is 651 g/mol. The standard InChI is InChI=1S/C39H51N5O5S/c1-5-6-18-35-40-39(21-12-13-22-39)38(46)44(35)25-30-19-20-32(31(23-30)26-43(4)36(45)24-29-14-8-7-9-15-29)33-16-10-11-17-34(33)50(47,48)42-37-27(2)28(3)41-49-37/h10-11,16-17,19-20,23,29,42H,5-9,12-15,18,21-22,24-26H2,1-4H3. The van der Waals surface area contributed by atoms with E-state index in [2.05, 4.69) is 16.8 Å². The second-order valence-corrected chi connectivity index (χ2v) is 16.2. The van der Waals surface area contributed by atoms with Gasteiger partial charge >= 0.3 is 0 Å². The van der Waals surface area contributed by atoms with E-state index in [-0.39, 0.29) is 22.6 Å². The zero-order valence-corrected chi connectivity index (χ0v) is 30.8. The highest BCUT2D eigenvalue weighted by molar-refractivity contribution is 7.92. The van der Waals surface area contributed by atoms with Crippen molar-refractivity contribution in [1.82, 2.24) is 15.0 Å². The van der Waals surface area contributed by atoms with Gasteiger partial charge in [0.05, 0.1) is 17.1 Å². The quantitative estimate of drug-likeness (QED) is 0.193. The summed E-state index contributed by atoms with van der Waals surface area (Å²) in [6, 6.07) is 12.8. The van der Waals surface area contributed by atoms with Crippen molar-refractivity contribution in [3.05, 3.63) is 64.8 Å². The zero-order chi connectivity index (χ0) is 35.5. The molecule has 6 rings (SSSR count). The summed E-state index contributed by atoms with van der Waals surface area (Å²) in [4.78, 5) is 36.3. The van der Waals surface area contributed by atoms with Crippen LogP contribution in [0.1, 0.15) is 113 Å². The second-order valence-electron chi connectivity index (χ2n) is 14.5. The number of sulfonamides is 1. The number of carbonyl (C=O) groups excluding carboxylic acids is 2. The largest absolute Gasteiger partial charge is 0.341 e. The van der Waals surface area contributed by atoms with Gasteiger partial charge in [0.2, 0.25) is 11.8 Å². The van der Waals surface area contributed by atoms with Gasteiger partial charge in [0, 0.05) is 37.6 Å². The topological polar surface area (TPSA) is 125 Å². The first kappa shape index (κ1) is 35.8. The van der Waals surface area contributed by atoms with Crippen molar-refractivity contribution in [1.29, 1.82) is 0 Å². The van der Waals surface area contributed by atoms with Crippen LogP contribution in [0.3, 0.4) is 0 Å². The first-order valence-corrected chi connectivity index (χ1v) is 19.8. The summed E-state index contributed by atoms with van der Waals surface area (Å²) in [5.74, 6) is 1.52. The summed E-state index contributed by atoms with van der Waals surface area (Å²) < 4.78 is 35.6. The maximum absolute atomic E-state index is 13.9. The van der Waals surface area contributed by atoms with Gasteiger partial charge in [0.1, 0.15) is 11.4 Å². The van der Waals surface area contributed by atoms with Gasteiger partial charge in [0.25, 0.3) is 15.9 Å². The van der Waals surface area contributed by atoms with Gasteiger partial charge in [-0.2, -0.15) is 0 Å². The van der Waals surface area contributed by atoms with E-state index in [1.54, 1.807) is 36.9 Å². The number of hydrogen-bond donors (Lipinski definition) is 1. The molecule has 1 aromatic heterocycles. The fraction of sp³-hybridized carbons (Fsp3) is 0.538. The van der Waals surface area contributed by atoms with E-state index in [0.29, 0.717) is 47.8 Å². The number of carbonyl (C=O) groups is 2. The second kappa shape index (κ2) is 15.1. The van der Waals surface area contributed by atoms with Gasteiger partial charge in [0.15, 0.2) is 0 Å². The summed E-state index contributed by atoms with van der Waals surface area (Å²) in [5, 5.41) is 3.91. The molecule has 2 heterocycles. The van der Waals surface area contributed by atoms with Gasteiger partial charge in [-0.1, -0.05) is 87.0 Å². The smallest absolute Gasteiger partial charge is 0.264 e. The lowest BCUT2D eigenvalue weighted by atomic mass is 9.86. The van der Waals surface area contributed by atoms with Crippen LogP contribution in [0.15, 0.2) is 56.9 Å². The molecule has 3 aliphatic rings. The number of hydrogen-bond acceptors (Lipinski definition) is 7. The average molecular weight is 702 g/mol. The number of anilines is 1. The minimum atomic E-state index is -4.08. The first-order chi connectivity index (χ1) is 24.0. The number of aliphatic imine (C=N–C) groups is 1. The van der Waals surface area contributed by atoms with Gasteiger partial charge in [-0.25, -0.2) is 13.1 Å². The molecule has 2 saturated carbocycles. The van der Waals surface area contributed by atoms with Crippen LogP contribution in [0, 0.1) is 19.8 Å². The van der Waals surface area contributed by atoms with Crippen LogP contribution >= 0.6 is 0 Å². The number of benzene rings is 2. The molecule has 2 aliphatic carbocycles. The number of nitrogens with one attached hydrogen (secondary N) is 1. The van der Waals surface area contributed by atoms with E-state index in [9.17, 15) is 18.0 Å². The lowest BCUT2D eigenvalue weighted by Crippen LogP contribution is -2.40. The van der Waals surface area contributed by atoms with Crippen molar-refractivity contribution in [3.8, 4) is 11.1 Å². The Labute approximate surface area is 296 Å². The Morgan fingerprint density at radius 1 is 1.04 bits per heavy atom. The molecule has 2 amide bonds. The van der Waals surface area contributed by atoms with Crippen molar-refractivity contribution in [2.45, 2.75) is 128 Å². The molecule has 0 saturated heterocycles. The Bertz CT molecular complexity index is 1850. The number of unbranched alkanes of at least 4 members (excludes halogenated alkanes) is 1. The predicted molar refractivity (Wildman–Crippen MR) is 195 cm³/mol. The van der Waals surface area contributed by atoms with Crippen LogP contribution in [0.2, 0.25) is 0 Å². The lowest BCUT2D eigenvalue weighted by molar-refractivity contribution is -0.132. The molecule has 1 spiro atoms. The Hall–Kier alpha value is -3.99. The Kier molecular flexibility index (Phi) is 10.8. The molecule has 3 aromatic rings. The fourth-order valence-electron chi connectivity index (χ4n) is 7.77. The van der Waals surface area contributed by atoms with Crippen molar-refractivity contribution in [2.75, 3.05) is 11.8 Å². The number of aryl methyl sites for hydroxylation is 1. The van der Waals surface area contributed by atoms with E-state index < -0.39 is 15.6 Å². The third-order valence-corrected chi connectivity index (χ3v) is 12.3. The number of rotatable bonds is 13. The molecule has 2 fully saturated rings. The molecule has 0 bridgehead atoms. The Morgan fingerprint density at radius 3 is 2.48 bits per heavy atom. The van der Waals surface area contributed by atoms with Gasteiger partial charge in [-0.15, -0.1) is 0 Å². The third-order valence-electron chi connectivity index (χ3n) is 10.9. The van der Waals surface area contributed by atoms with Crippen LogP contribution in [0.4, 0.5) is 5.88 Å². The molecule has 0 radical (unpaired) electrons. The maximum Gasteiger partial charge on any atom is 0.264 e. The highest BCUT2D eigenvalue weighted by Crippen LogP contribution is 2.41. The molecule has 50 heavy (non-hydrogen) atoms. The molecule has 1 N–H and O–H groups in total. The number of amides is 2. The molecule has 2 aromatic carbocycles. The summed E-state index contributed by atoms with van der Waals surface area (Å²) >= 11 is 0. The third kappa shape index (κ3) is 7.53. The summed E-state index contributed by atoms with van der Waals surface area (Å²) in [5.41, 5.74) is 3.53. The maximum atomic E-state index is 13.9. The first-order valence-electron chi connectivity index (χ1n) is 18.3. The van der Waals surface area contributed by atoms with Crippen LogP contribution in [-0.2, 0) is 32.7 Å². The van der Waals surface area contributed by atoms with Crippen LogP contribution in [0.25, 0.3) is 11.1 Å². The number of aromatic nitrogens is 1. The summed E-state index contributed by atoms with van der Waals surface area (Å²) in [7, 11) is -2.26. The van der Waals surface area contributed by atoms with E-state index in [1.165, 1.54) is 19.3 Å². The van der Waals surface area contributed by atoms with Crippen LogP contribution < -0.4 is 4.72 Å². The lowest BCUT2D eigenvalue weighted by Gasteiger charge is -2.26. The number of nitrogens with zero attached hydrogens (tertiary/aromatic N) is 4. The van der Waals surface area contributed by atoms with Gasteiger partial charge < -0.3 is 9.42 Å². The average Bonchev–Trinajstić information content (AvgIpc) is 3.78.